The van der Waals surface area contributed by atoms with Gasteiger partial charge in [-0.1, -0.05) is 31.5 Å². The van der Waals surface area contributed by atoms with Crippen molar-refractivity contribution in [1.82, 2.24) is 4.90 Å². The molecule has 0 N–H and O–H groups in total. The highest BCUT2D eigenvalue weighted by atomic mass is 35.5. The number of nitro groups is 1. The minimum Gasteiger partial charge on any atom is -0.278 e. The van der Waals surface area contributed by atoms with Gasteiger partial charge in [0.15, 0.2) is 0 Å². The summed E-state index contributed by atoms with van der Waals surface area (Å²) in [5, 5.41) is 10.6. The highest BCUT2D eigenvalue weighted by Gasteiger charge is 2.37. The number of carbonyl (C=O) groups excluding carboxylic acids is 2. The largest absolute Gasteiger partial charge is 0.288 e. The average molecular weight is 311 g/mol. The number of hydrogen-bond donors (Lipinski definition) is 0. The molecule has 6 nitrogen and oxygen atoms in total. The number of hydrogen-bond acceptors (Lipinski definition) is 4. The second-order valence-corrected chi connectivity index (χ2v) is 5.79. The van der Waals surface area contributed by atoms with Gasteiger partial charge >= 0.3 is 0 Å². The van der Waals surface area contributed by atoms with E-state index >= 15 is 0 Å². The van der Waals surface area contributed by atoms with Crippen LogP contribution in [0.25, 0.3) is 0 Å². The molecule has 1 heterocycles. The fourth-order valence-corrected chi connectivity index (χ4v) is 2.63. The molecule has 1 aromatic carbocycles. The molecule has 0 spiro atoms. The summed E-state index contributed by atoms with van der Waals surface area (Å²) in [4.78, 5) is 35.7. The molecule has 112 valence electrons. The summed E-state index contributed by atoms with van der Waals surface area (Å²) in [6.07, 6.45) is 0.315. The van der Waals surface area contributed by atoms with Crippen LogP contribution in [-0.2, 0) is 4.79 Å². The van der Waals surface area contributed by atoms with Crippen LogP contribution in [0.3, 0.4) is 0 Å². The molecule has 21 heavy (non-hydrogen) atoms. The Labute approximate surface area is 126 Å². The third-order valence-corrected chi connectivity index (χ3v) is 4.15. The van der Waals surface area contributed by atoms with Crippen LogP contribution in [0, 0.1) is 22.0 Å². The number of carbonyl (C=O) groups is 2. The van der Waals surface area contributed by atoms with E-state index in [4.69, 9.17) is 11.6 Å². The molecule has 2 amide bonds. The van der Waals surface area contributed by atoms with Gasteiger partial charge in [0.05, 0.1) is 10.5 Å². The number of amides is 2. The van der Waals surface area contributed by atoms with Crippen molar-refractivity contribution >= 4 is 29.1 Å². The van der Waals surface area contributed by atoms with E-state index in [-0.39, 0.29) is 34.0 Å². The molecule has 0 saturated carbocycles. The highest BCUT2D eigenvalue weighted by Crippen LogP contribution is 2.31. The van der Waals surface area contributed by atoms with Crippen molar-refractivity contribution in [2.45, 2.75) is 20.3 Å². The molecule has 1 unspecified atom stereocenters. The van der Waals surface area contributed by atoms with Crippen LogP contribution in [0.15, 0.2) is 18.2 Å². The minimum absolute atomic E-state index is 0.0105. The van der Waals surface area contributed by atoms with Gasteiger partial charge < -0.3 is 0 Å². The molecule has 7 heteroatoms. The first kappa shape index (κ1) is 15.4. The Balaban J connectivity index is 2.31. The van der Waals surface area contributed by atoms with Gasteiger partial charge in [-0.15, -0.1) is 0 Å². The van der Waals surface area contributed by atoms with E-state index in [1.807, 2.05) is 13.8 Å². The molecule has 1 aromatic rings. The monoisotopic (exact) mass is 310 g/mol. The predicted octanol–water partition coefficient (Wildman–Crippen LogP) is 2.89. The van der Waals surface area contributed by atoms with E-state index in [2.05, 4.69) is 0 Å². The van der Waals surface area contributed by atoms with Crippen LogP contribution in [0.5, 0.6) is 0 Å². The van der Waals surface area contributed by atoms with Gasteiger partial charge in [0, 0.05) is 19.0 Å². The van der Waals surface area contributed by atoms with Crippen LogP contribution in [0.1, 0.15) is 30.6 Å². The Hall–Kier alpha value is -1.95. The number of nitro benzene ring substituents is 1. The van der Waals surface area contributed by atoms with Crippen molar-refractivity contribution in [2.24, 2.45) is 11.8 Å². The summed E-state index contributed by atoms with van der Waals surface area (Å²) in [7, 11) is 0. The van der Waals surface area contributed by atoms with Gasteiger partial charge in [-0.2, -0.15) is 0 Å². The Morgan fingerprint density at radius 2 is 2.14 bits per heavy atom. The first-order valence-corrected chi connectivity index (χ1v) is 6.98. The zero-order valence-electron chi connectivity index (χ0n) is 11.7. The molecule has 1 aliphatic rings. The third-order valence-electron chi connectivity index (χ3n) is 3.75. The Kier molecular flexibility index (Phi) is 4.27. The van der Waals surface area contributed by atoms with Gasteiger partial charge in [-0.3, -0.25) is 24.6 Å². The molecule has 0 radical (unpaired) electrons. The summed E-state index contributed by atoms with van der Waals surface area (Å²) in [5.41, 5.74) is -0.349. The van der Waals surface area contributed by atoms with Crippen molar-refractivity contribution in [2.75, 3.05) is 6.54 Å². The molecule has 2 rings (SSSR count). The Morgan fingerprint density at radius 1 is 1.48 bits per heavy atom. The Morgan fingerprint density at radius 3 is 2.67 bits per heavy atom. The number of nitrogens with zero attached hydrogens (tertiary/aromatic N) is 2. The quantitative estimate of drug-likeness (QED) is 0.488. The summed E-state index contributed by atoms with van der Waals surface area (Å²) >= 11 is 5.92. The normalized spacial score (nSPS) is 18.4. The van der Waals surface area contributed by atoms with Crippen LogP contribution in [0.4, 0.5) is 5.69 Å². The first-order chi connectivity index (χ1) is 9.82. The van der Waals surface area contributed by atoms with Crippen molar-refractivity contribution in [3.05, 3.63) is 38.9 Å². The van der Waals surface area contributed by atoms with Gasteiger partial charge in [-0.05, 0) is 17.9 Å². The molecule has 1 aliphatic heterocycles. The summed E-state index contributed by atoms with van der Waals surface area (Å²) in [5.74, 6) is -0.440. The maximum absolute atomic E-state index is 12.4. The van der Waals surface area contributed by atoms with Crippen molar-refractivity contribution in [1.29, 1.82) is 0 Å². The molecule has 0 aromatic heterocycles. The fraction of sp³-hybridized carbons (Fsp3) is 0.429. The first-order valence-electron chi connectivity index (χ1n) is 6.60. The van der Waals surface area contributed by atoms with Crippen LogP contribution in [0.2, 0.25) is 5.02 Å². The summed E-state index contributed by atoms with van der Waals surface area (Å²) in [6, 6.07) is 4.01. The fourth-order valence-electron chi connectivity index (χ4n) is 2.35. The van der Waals surface area contributed by atoms with Gasteiger partial charge in [-0.25, -0.2) is 0 Å². The van der Waals surface area contributed by atoms with E-state index in [9.17, 15) is 19.7 Å². The number of benzene rings is 1. The zero-order valence-corrected chi connectivity index (χ0v) is 12.5. The maximum atomic E-state index is 12.4. The third kappa shape index (κ3) is 2.90. The number of imide groups is 1. The van der Waals surface area contributed by atoms with Gasteiger partial charge in [0.1, 0.15) is 5.02 Å². The lowest BCUT2D eigenvalue weighted by atomic mass is 9.95. The lowest BCUT2D eigenvalue weighted by Crippen LogP contribution is -2.33. The lowest BCUT2D eigenvalue weighted by Gasteiger charge is -2.17. The standard InChI is InChI=1S/C14H15ClN2O4/c1-8(2)9-6-12(18)16(7-9)14(19)10-4-3-5-11(13(10)15)17(20)21/h3-5,8-9H,6-7H2,1-2H3. The molecule has 1 saturated heterocycles. The number of rotatable bonds is 3. The molecule has 0 bridgehead atoms. The van der Waals surface area contributed by atoms with Crippen LogP contribution < -0.4 is 0 Å². The Bertz CT molecular complexity index is 615. The molecule has 0 aliphatic carbocycles. The van der Waals surface area contributed by atoms with E-state index in [1.165, 1.54) is 18.2 Å². The van der Waals surface area contributed by atoms with E-state index in [0.29, 0.717) is 13.0 Å². The van der Waals surface area contributed by atoms with E-state index in [0.717, 1.165) is 4.90 Å². The predicted molar refractivity (Wildman–Crippen MR) is 77.1 cm³/mol. The smallest absolute Gasteiger partial charge is 0.278 e. The maximum Gasteiger partial charge on any atom is 0.288 e. The zero-order chi connectivity index (χ0) is 15.7. The molecule has 1 atom stereocenters. The molecule has 1 fully saturated rings. The van der Waals surface area contributed by atoms with Crippen LogP contribution >= 0.6 is 11.6 Å². The molecular weight excluding hydrogens is 296 g/mol. The van der Waals surface area contributed by atoms with Crippen molar-refractivity contribution < 1.29 is 14.5 Å². The van der Waals surface area contributed by atoms with Crippen LogP contribution in [-0.4, -0.2) is 28.2 Å². The molecular formula is C14H15ClN2O4. The summed E-state index contributed by atoms with van der Waals surface area (Å²) in [6.45, 7) is 4.31. The number of halogens is 1. The topological polar surface area (TPSA) is 80.5 Å². The van der Waals surface area contributed by atoms with Gasteiger partial charge in [0.2, 0.25) is 5.91 Å². The lowest BCUT2D eigenvalue weighted by molar-refractivity contribution is -0.384. The highest BCUT2D eigenvalue weighted by molar-refractivity contribution is 6.36. The SMILES string of the molecule is CC(C)C1CC(=O)N(C(=O)c2cccc([N+](=O)[O-])c2Cl)C1. The van der Waals surface area contributed by atoms with E-state index in [1.54, 1.807) is 0 Å². The summed E-state index contributed by atoms with van der Waals surface area (Å²) < 4.78 is 0. The van der Waals surface area contributed by atoms with Crippen molar-refractivity contribution in [3.8, 4) is 0 Å². The number of likely N-dealkylation sites (tertiary alicyclic amines) is 1. The second kappa shape index (κ2) is 5.81. The second-order valence-electron chi connectivity index (χ2n) is 5.41. The van der Waals surface area contributed by atoms with Crippen molar-refractivity contribution in [3.63, 3.8) is 0 Å². The average Bonchev–Trinajstić information content (AvgIpc) is 2.80. The minimum atomic E-state index is -0.651. The van der Waals surface area contributed by atoms with E-state index < -0.39 is 10.8 Å². The van der Waals surface area contributed by atoms with Gasteiger partial charge in [0.25, 0.3) is 11.6 Å².